The number of carbonyl (C=O) groups is 1. The van der Waals surface area contributed by atoms with E-state index in [-0.39, 0.29) is 52.4 Å². The standard InChI is InChI=1S/C59H80N4O6/c1-8-9-10-17-36-68-45-29-25-41(26-30-45)42-27-31-46(32-28-42)69-37-18-12-11-16-33-62-55(65)47(52(56(62)66)50(40-58(2,3)4)61-35-20-24-51(61)64)39-48-53-49(38-44-23-19-34-60(44)48)63(43-21-14-13-15-22-43)57(67)54(53)59(5,6)7/h13-15,21-22,25-32,48,50,53-54,57,65-67H,8-12,16-20,23-24,33-37,39-40H2,1-7H3. The molecule has 3 aromatic carbocycles. The normalized spacial score (nSPS) is 20.8. The lowest BCUT2D eigenvalue weighted by atomic mass is 9.69. The minimum absolute atomic E-state index is 0.0683. The van der Waals surface area contributed by atoms with Crippen molar-refractivity contribution >= 4 is 11.6 Å². The lowest BCUT2D eigenvalue weighted by Crippen LogP contribution is -2.47. The third kappa shape index (κ3) is 11.3. The van der Waals surface area contributed by atoms with Crippen LogP contribution in [0.3, 0.4) is 0 Å². The lowest BCUT2D eigenvalue weighted by molar-refractivity contribution is -0.130. The SMILES string of the molecule is CCCCCCOc1ccc(-c2ccc(OCCCCCCn3c(O)c(CC4C5C(=C=C6CCCN64)N(c4ccccc4)C(O)C5C(C)(C)C)c(C(CC(C)(C)C)N4CCCC4=O)c3O)cc2)cc1. The van der Waals surface area contributed by atoms with Gasteiger partial charge in [-0.2, -0.15) is 0 Å². The molecule has 0 aliphatic carbocycles. The maximum absolute atomic E-state index is 13.7. The molecule has 372 valence electrons. The van der Waals surface area contributed by atoms with Crippen LogP contribution in [0.5, 0.6) is 23.3 Å². The molecule has 0 saturated carbocycles. The largest absolute Gasteiger partial charge is 0.494 e. The van der Waals surface area contributed by atoms with Crippen LogP contribution in [0.15, 0.2) is 96.0 Å². The average molecular weight is 941 g/mol. The molecule has 0 radical (unpaired) electrons. The first-order valence-electron chi connectivity index (χ1n) is 26.3. The third-order valence-corrected chi connectivity index (χ3v) is 15.1. The topological polar surface area (TPSA) is 111 Å². The van der Waals surface area contributed by atoms with Crippen molar-refractivity contribution in [3.8, 4) is 34.4 Å². The summed E-state index contributed by atoms with van der Waals surface area (Å²) in [6.45, 7) is 18.7. The zero-order chi connectivity index (χ0) is 48.9. The van der Waals surface area contributed by atoms with Crippen LogP contribution in [0.1, 0.15) is 149 Å². The summed E-state index contributed by atoms with van der Waals surface area (Å²) in [4.78, 5) is 20.2. The third-order valence-electron chi connectivity index (χ3n) is 15.1. The Hall–Kier alpha value is -5.31. The molecule has 3 N–H and O–H groups in total. The van der Waals surface area contributed by atoms with Gasteiger partial charge >= 0.3 is 0 Å². The Labute approximate surface area is 412 Å². The molecule has 4 aliphatic rings. The lowest BCUT2D eigenvalue weighted by Gasteiger charge is -2.43. The summed E-state index contributed by atoms with van der Waals surface area (Å²) >= 11 is 0. The second kappa shape index (κ2) is 21.8. The van der Waals surface area contributed by atoms with Crippen LogP contribution in [0.4, 0.5) is 5.69 Å². The molecule has 69 heavy (non-hydrogen) atoms. The van der Waals surface area contributed by atoms with Crippen molar-refractivity contribution in [2.24, 2.45) is 22.7 Å². The number of carbonyl (C=O) groups excluding carboxylic acids is 1. The number of aromatic nitrogens is 1. The van der Waals surface area contributed by atoms with E-state index in [2.05, 4.69) is 100 Å². The number of ether oxygens (including phenoxy) is 2. The molecule has 8 rings (SSSR count). The maximum Gasteiger partial charge on any atom is 0.223 e. The Morgan fingerprint density at radius 2 is 1.35 bits per heavy atom. The van der Waals surface area contributed by atoms with Crippen LogP contribution in [-0.4, -0.2) is 74.2 Å². The minimum Gasteiger partial charge on any atom is -0.494 e. The number of aliphatic hydroxyl groups is 1. The van der Waals surface area contributed by atoms with Crippen molar-refractivity contribution in [2.75, 3.05) is 31.2 Å². The van der Waals surface area contributed by atoms with E-state index in [0.29, 0.717) is 44.5 Å². The van der Waals surface area contributed by atoms with Crippen molar-refractivity contribution in [1.29, 1.82) is 0 Å². The van der Waals surface area contributed by atoms with Crippen LogP contribution in [0.2, 0.25) is 0 Å². The highest BCUT2D eigenvalue weighted by Gasteiger charge is 2.56. The van der Waals surface area contributed by atoms with Crippen LogP contribution >= 0.6 is 0 Å². The fourth-order valence-corrected chi connectivity index (χ4v) is 11.7. The summed E-state index contributed by atoms with van der Waals surface area (Å²) in [6.07, 6.45) is 11.8. The van der Waals surface area contributed by atoms with E-state index in [4.69, 9.17) is 9.47 Å². The van der Waals surface area contributed by atoms with Gasteiger partial charge in [-0.25, -0.2) is 0 Å². The number of nitrogens with zero attached hydrogens (tertiary/aromatic N) is 4. The van der Waals surface area contributed by atoms with Gasteiger partial charge in [0.25, 0.3) is 0 Å². The number of hydrogen-bond donors (Lipinski definition) is 3. The number of unbranched alkanes of at least 4 members (excludes halogenated alkanes) is 6. The molecule has 5 heterocycles. The highest BCUT2D eigenvalue weighted by Crippen LogP contribution is 2.55. The van der Waals surface area contributed by atoms with E-state index in [1.54, 1.807) is 4.57 Å². The number of aromatic hydroxyl groups is 2. The zero-order valence-corrected chi connectivity index (χ0v) is 42.7. The van der Waals surface area contributed by atoms with E-state index >= 15 is 0 Å². The Morgan fingerprint density at radius 1 is 0.739 bits per heavy atom. The van der Waals surface area contributed by atoms with Crippen molar-refractivity contribution in [3.63, 3.8) is 0 Å². The van der Waals surface area contributed by atoms with Gasteiger partial charge in [0.15, 0.2) is 11.8 Å². The van der Waals surface area contributed by atoms with Crippen LogP contribution < -0.4 is 14.4 Å². The number of amides is 1. The quantitative estimate of drug-likeness (QED) is 0.0560. The van der Waals surface area contributed by atoms with Gasteiger partial charge in [0, 0.05) is 60.7 Å². The molecule has 0 bridgehead atoms. The fraction of sp³-hybridized carbons (Fsp3) is 0.559. The smallest absolute Gasteiger partial charge is 0.223 e. The summed E-state index contributed by atoms with van der Waals surface area (Å²) in [5, 5.41) is 37.4. The van der Waals surface area contributed by atoms with E-state index in [0.717, 1.165) is 110 Å². The first kappa shape index (κ1) is 50.1. The molecule has 3 saturated heterocycles. The van der Waals surface area contributed by atoms with Crippen LogP contribution in [0, 0.1) is 22.7 Å². The summed E-state index contributed by atoms with van der Waals surface area (Å²) in [5.41, 5.74) is 10.2. The Balaban J connectivity index is 0.975. The Bertz CT molecular complexity index is 2410. The molecule has 4 aromatic rings. The minimum atomic E-state index is -0.768. The molecule has 10 nitrogen and oxygen atoms in total. The van der Waals surface area contributed by atoms with Gasteiger partial charge in [0.1, 0.15) is 17.7 Å². The van der Waals surface area contributed by atoms with E-state index in [9.17, 15) is 20.1 Å². The second-order valence-corrected chi connectivity index (χ2v) is 22.4. The molecule has 1 aromatic heterocycles. The molecule has 3 fully saturated rings. The van der Waals surface area contributed by atoms with Crippen molar-refractivity contribution < 1.29 is 29.6 Å². The summed E-state index contributed by atoms with van der Waals surface area (Å²) < 4.78 is 13.8. The van der Waals surface area contributed by atoms with E-state index < -0.39 is 6.23 Å². The predicted molar refractivity (Wildman–Crippen MR) is 276 cm³/mol. The van der Waals surface area contributed by atoms with E-state index in [1.165, 1.54) is 19.3 Å². The van der Waals surface area contributed by atoms with Crippen molar-refractivity contribution in [1.82, 2.24) is 14.4 Å². The number of fused-ring (bicyclic) bond motifs is 2. The molecule has 4 aliphatic heterocycles. The van der Waals surface area contributed by atoms with Gasteiger partial charge in [-0.1, -0.05) is 129 Å². The molecular formula is C59H80N4O6. The molecular weight excluding hydrogens is 861 g/mol. The average Bonchev–Trinajstić information content (AvgIpc) is 4.09. The van der Waals surface area contributed by atoms with Crippen LogP contribution in [0.25, 0.3) is 11.1 Å². The zero-order valence-electron chi connectivity index (χ0n) is 42.7. The van der Waals surface area contributed by atoms with Gasteiger partial charge in [0.2, 0.25) is 5.91 Å². The summed E-state index contributed by atoms with van der Waals surface area (Å²) in [5.74, 6) is 1.77. The summed E-state index contributed by atoms with van der Waals surface area (Å²) in [7, 11) is 0. The van der Waals surface area contributed by atoms with Crippen LogP contribution in [-0.2, 0) is 17.8 Å². The van der Waals surface area contributed by atoms with Crippen molar-refractivity contribution in [2.45, 2.75) is 163 Å². The number of aliphatic hydroxyl groups excluding tert-OH is 1. The van der Waals surface area contributed by atoms with Gasteiger partial charge in [0.05, 0.1) is 30.6 Å². The number of benzene rings is 3. The highest BCUT2D eigenvalue weighted by atomic mass is 16.5. The molecule has 1 amide bonds. The van der Waals surface area contributed by atoms with Gasteiger partial charge in [-0.05, 0) is 110 Å². The molecule has 5 atom stereocenters. The second-order valence-electron chi connectivity index (χ2n) is 22.4. The van der Waals surface area contributed by atoms with Gasteiger partial charge < -0.3 is 39.5 Å². The van der Waals surface area contributed by atoms with Crippen molar-refractivity contribution in [3.05, 3.63) is 107 Å². The van der Waals surface area contributed by atoms with Gasteiger partial charge in [-0.15, -0.1) is 0 Å². The number of anilines is 1. The molecule has 10 heteroatoms. The predicted octanol–water partition coefficient (Wildman–Crippen LogP) is 12.8. The monoisotopic (exact) mass is 941 g/mol. The first-order chi connectivity index (χ1) is 33.1. The number of likely N-dealkylation sites (tertiary alicyclic amines) is 1. The summed E-state index contributed by atoms with van der Waals surface area (Å²) in [6, 6.07) is 26.2. The molecule has 5 unspecified atom stereocenters. The Morgan fingerprint density at radius 3 is 1.93 bits per heavy atom. The number of hydrogen-bond acceptors (Lipinski definition) is 8. The van der Waals surface area contributed by atoms with E-state index in [1.807, 2.05) is 47.4 Å². The number of para-hydroxylation sites is 1. The van der Waals surface area contributed by atoms with Gasteiger partial charge in [-0.3, -0.25) is 9.36 Å². The Kier molecular flexibility index (Phi) is 15.8. The maximum atomic E-state index is 13.7. The molecule has 0 spiro atoms. The first-order valence-corrected chi connectivity index (χ1v) is 26.3. The number of rotatable bonds is 21. The highest BCUT2D eigenvalue weighted by molar-refractivity contribution is 5.79. The fourth-order valence-electron chi connectivity index (χ4n) is 11.7.